The third kappa shape index (κ3) is 4.85. The Morgan fingerprint density at radius 2 is 2.12 bits per heavy atom. The fraction of sp³-hybridized carbons (Fsp3) is 0.611. The molecular weight excluding hydrogens is 308 g/mol. The first kappa shape index (κ1) is 18.5. The molecule has 1 aromatic carbocycles. The second-order valence-electron chi connectivity index (χ2n) is 6.27. The van der Waals surface area contributed by atoms with E-state index in [-0.39, 0.29) is 6.04 Å². The first-order valence-corrected chi connectivity index (χ1v) is 8.44. The number of amides is 1. The molecule has 134 valence electrons. The molecule has 1 aromatic rings. The summed E-state index contributed by atoms with van der Waals surface area (Å²) in [6.07, 6.45) is 1.20. The van der Waals surface area contributed by atoms with Crippen molar-refractivity contribution >= 4 is 6.09 Å². The van der Waals surface area contributed by atoms with Gasteiger partial charge >= 0.3 is 6.09 Å². The van der Waals surface area contributed by atoms with E-state index < -0.39 is 6.09 Å². The van der Waals surface area contributed by atoms with E-state index in [9.17, 15) is 4.79 Å². The van der Waals surface area contributed by atoms with Gasteiger partial charge in [-0.3, -0.25) is 4.90 Å². The van der Waals surface area contributed by atoms with Crippen LogP contribution in [-0.2, 0) is 11.3 Å². The zero-order valence-corrected chi connectivity index (χ0v) is 14.8. The Hall–Kier alpha value is -1.79. The summed E-state index contributed by atoms with van der Waals surface area (Å²) in [6, 6.07) is 4.41. The molecule has 0 spiro atoms. The lowest BCUT2D eigenvalue weighted by atomic mass is 10.0. The van der Waals surface area contributed by atoms with Gasteiger partial charge in [-0.15, -0.1) is 0 Å². The second-order valence-corrected chi connectivity index (χ2v) is 6.27. The monoisotopic (exact) mass is 336 g/mol. The molecule has 1 aliphatic heterocycles. The molecule has 2 rings (SSSR count). The van der Waals surface area contributed by atoms with Crippen LogP contribution in [0.2, 0.25) is 0 Å². The van der Waals surface area contributed by atoms with Crippen molar-refractivity contribution in [1.29, 1.82) is 0 Å². The molecular formula is C18H28N2O4. The Morgan fingerprint density at radius 3 is 2.83 bits per heavy atom. The molecule has 6 heteroatoms. The van der Waals surface area contributed by atoms with Gasteiger partial charge in [-0.1, -0.05) is 6.07 Å². The molecule has 1 aliphatic rings. The highest BCUT2D eigenvalue weighted by Gasteiger charge is 2.25. The molecule has 1 fully saturated rings. The maximum absolute atomic E-state index is 10.7. The van der Waals surface area contributed by atoms with Crippen LogP contribution in [0.5, 0.6) is 5.75 Å². The number of hydrogen-bond donors (Lipinski definition) is 2. The van der Waals surface area contributed by atoms with Crippen molar-refractivity contribution < 1.29 is 19.4 Å². The lowest BCUT2D eigenvalue weighted by Gasteiger charge is -2.25. The van der Waals surface area contributed by atoms with Crippen LogP contribution in [0.3, 0.4) is 0 Å². The van der Waals surface area contributed by atoms with Crippen molar-refractivity contribution in [3.8, 4) is 5.75 Å². The Morgan fingerprint density at radius 1 is 1.33 bits per heavy atom. The fourth-order valence-corrected chi connectivity index (χ4v) is 3.17. The van der Waals surface area contributed by atoms with Gasteiger partial charge in [0.15, 0.2) is 0 Å². The maximum atomic E-state index is 10.7. The summed E-state index contributed by atoms with van der Waals surface area (Å²) < 4.78 is 10.8. The summed E-state index contributed by atoms with van der Waals surface area (Å²) in [7, 11) is 1.66. The quantitative estimate of drug-likeness (QED) is 0.714. The van der Waals surface area contributed by atoms with Gasteiger partial charge in [0, 0.05) is 26.2 Å². The summed E-state index contributed by atoms with van der Waals surface area (Å²) in [4.78, 5) is 13.1. The minimum Gasteiger partial charge on any atom is -0.491 e. The number of benzene rings is 1. The van der Waals surface area contributed by atoms with Crippen molar-refractivity contribution in [2.24, 2.45) is 0 Å². The third-order valence-electron chi connectivity index (χ3n) is 4.76. The highest BCUT2D eigenvalue weighted by Crippen LogP contribution is 2.27. The molecule has 1 amide bonds. The summed E-state index contributed by atoms with van der Waals surface area (Å²) in [5, 5.41) is 11.3. The highest BCUT2D eigenvalue weighted by molar-refractivity contribution is 5.64. The molecule has 1 atom stereocenters. The smallest absolute Gasteiger partial charge is 0.404 e. The van der Waals surface area contributed by atoms with Gasteiger partial charge in [0.25, 0.3) is 0 Å². The van der Waals surface area contributed by atoms with Crippen LogP contribution >= 0.6 is 0 Å². The van der Waals surface area contributed by atoms with Crippen molar-refractivity contribution in [3.05, 3.63) is 28.8 Å². The van der Waals surface area contributed by atoms with Crippen molar-refractivity contribution in [1.82, 2.24) is 10.2 Å². The van der Waals surface area contributed by atoms with E-state index in [0.29, 0.717) is 19.8 Å². The van der Waals surface area contributed by atoms with E-state index in [1.54, 1.807) is 7.11 Å². The average molecular weight is 336 g/mol. The summed E-state index contributed by atoms with van der Waals surface area (Å²) in [5.41, 5.74) is 3.67. The number of likely N-dealkylation sites (tertiary alicyclic amines) is 1. The zero-order chi connectivity index (χ0) is 17.5. The lowest BCUT2D eigenvalue weighted by Crippen LogP contribution is -2.39. The fourth-order valence-electron chi connectivity index (χ4n) is 3.17. The Labute approximate surface area is 143 Å². The molecule has 0 saturated carbocycles. The molecule has 0 radical (unpaired) electrons. The van der Waals surface area contributed by atoms with Gasteiger partial charge in [0.05, 0.1) is 6.61 Å². The van der Waals surface area contributed by atoms with E-state index in [1.165, 1.54) is 11.1 Å². The second kappa shape index (κ2) is 8.89. The maximum Gasteiger partial charge on any atom is 0.404 e. The largest absolute Gasteiger partial charge is 0.491 e. The van der Waals surface area contributed by atoms with Crippen LogP contribution in [0.25, 0.3) is 0 Å². The van der Waals surface area contributed by atoms with Gasteiger partial charge in [0.2, 0.25) is 0 Å². The van der Waals surface area contributed by atoms with Crippen molar-refractivity contribution in [3.63, 3.8) is 0 Å². The van der Waals surface area contributed by atoms with Gasteiger partial charge < -0.3 is 19.9 Å². The SMILES string of the molecule is COCCOc1ccc(CN2CCC[C@@H]2CNC(=O)O)c(C)c1C. The van der Waals surface area contributed by atoms with E-state index in [4.69, 9.17) is 14.6 Å². The number of nitrogens with one attached hydrogen (secondary N) is 1. The summed E-state index contributed by atoms with van der Waals surface area (Å²) >= 11 is 0. The van der Waals surface area contributed by atoms with Gasteiger partial charge in [-0.25, -0.2) is 4.79 Å². The predicted molar refractivity (Wildman–Crippen MR) is 92.7 cm³/mol. The van der Waals surface area contributed by atoms with Gasteiger partial charge in [-0.05, 0) is 56.0 Å². The van der Waals surface area contributed by atoms with Crippen LogP contribution in [-0.4, -0.2) is 55.6 Å². The molecule has 0 bridgehead atoms. The number of hydrogen-bond acceptors (Lipinski definition) is 4. The molecule has 24 heavy (non-hydrogen) atoms. The average Bonchev–Trinajstić information content (AvgIpc) is 2.99. The number of carboxylic acid groups (broad SMARTS) is 1. The summed E-state index contributed by atoms with van der Waals surface area (Å²) in [5.74, 6) is 0.902. The normalized spacial score (nSPS) is 17.9. The topological polar surface area (TPSA) is 71.0 Å². The summed E-state index contributed by atoms with van der Waals surface area (Å²) in [6.45, 7) is 7.67. The predicted octanol–water partition coefficient (Wildman–Crippen LogP) is 2.56. The van der Waals surface area contributed by atoms with Crippen molar-refractivity contribution in [2.75, 3.05) is 33.4 Å². The van der Waals surface area contributed by atoms with E-state index in [0.717, 1.165) is 37.2 Å². The number of methoxy groups -OCH3 is 1. The van der Waals surface area contributed by atoms with Crippen LogP contribution in [0.4, 0.5) is 4.79 Å². The Kier molecular flexibility index (Phi) is 6.87. The first-order chi connectivity index (χ1) is 11.5. The Bertz CT molecular complexity index is 562. The first-order valence-electron chi connectivity index (χ1n) is 8.44. The van der Waals surface area contributed by atoms with E-state index in [2.05, 4.69) is 30.1 Å². The molecule has 1 saturated heterocycles. The van der Waals surface area contributed by atoms with Crippen molar-refractivity contribution in [2.45, 2.75) is 39.3 Å². The zero-order valence-electron chi connectivity index (χ0n) is 14.8. The van der Waals surface area contributed by atoms with Crippen LogP contribution in [0.15, 0.2) is 12.1 Å². The van der Waals surface area contributed by atoms with E-state index in [1.807, 2.05) is 6.07 Å². The minimum atomic E-state index is -0.952. The van der Waals surface area contributed by atoms with E-state index >= 15 is 0 Å². The van der Waals surface area contributed by atoms with Gasteiger partial charge in [-0.2, -0.15) is 0 Å². The molecule has 1 heterocycles. The minimum absolute atomic E-state index is 0.276. The third-order valence-corrected chi connectivity index (χ3v) is 4.76. The Balaban J connectivity index is 2.01. The van der Waals surface area contributed by atoms with Gasteiger partial charge in [0.1, 0.15) is 12.4 Å². The molecule has 0 aliphatic carbocycles. The van der Waals surface area contributed by atoms with Crippen LogP contribution in [0, 0.1) is 13.8 Å². The standard InChI is InChI=1S/C18H28N2O4/c1-13-14(2)17(24-10-9-23-3)7-6-15(13)12-20-8-4-5-16(20)11-19-18(21)22/h6-7,16,19H,4-5,8-12H2,1-3H3,(H,21,22)/t16-/m1/s1. The number of rotatable bonds is 8. The molecule has 0 unspecified atom stereocenters. The molecule has 2 N–H and O–H groups in total. The molecule has 0 aromatic heterocycles. The number of ether oxygens (including phenoxy) is 2. The van der Waals surface area contributed by atoms with Crippen LogP contribution in [0.1, 0.15) is 29.5 Å². The number of nitrogens with zero attached hydrogens (tertiary/aromatic N) is 1. The molecule has 6 nitrogen and oxygen atoms in total. The number of carbonyl (C=O) groups is 1. The lowest BCUT2D eigenvalue weighted by molar-refractivity contribution is 0.146. The van der Waals surface area contributed by atoms with Crippen LogP contribution < -0.4 is 10.1 Å². The highest BCUT2D eigenvalue weighted by atomic mass is 16.5.